The molecule has 344 valence electrons. The van der Waals surface area contributed by atoms with E-state index in [1.807, 2.05) is 0 Å². The molecule has 0 radical (unpaired) electrons. The second-order valence-corrected chi connectivity index (χ2v) is 35.6. The molecule has 59 heavy (non-hydrogen) atoms. The lowest BCUT2D eigenvalue weighted by atomic mass is 9.82. The molecule has 0 N–H and O–H groups in total. The summed E-state index contributed by atoms with van der Waals surface area (Å²) in [4.78, 5) is 12.9. The lowest BCUT2D eigenvalue weighted by Gasteiger charge is -2.42. The molecular weight excluding hydrogens is 793 g/mol. The first kappa shape index (κ1) is 52.7. The normalized spacial score (nSPS) is 29.3. The Morgan fingerprint density at radius 2 is 1.42 bits per heavy atom. The summed E-state index contributed by atoms with van der Waals surface area (Å²) in [5.74, 6) is -0.174. The molecule has 3 fully saturated rings. The van der Waals surface area contributed by atoms with Gasteiger partial charge in [0.05, 0.1) is 69.0 Å². The predicted octanol–water partition coefficient (Wildman–Crippen LogP) is 11.8. The van der Waals surface area contributed by atoms with Crippen LogP contribution >= 0.6 is 0 Å². The maximum Gasteiger partial charge on any atom is 0.305 e. The van der Waals surface area contributed by atoms with Crippen LogP contribution in [0.4, 0.5) is 0 Å². The Morgan fingerprint density at radius 1 is 0.814 bits per heavy atom. The summed E-state index contributed by atoms with van der Waals surface area (Å²) in [6.07, 6.45) is 6.18. The van der Waals surface area contributed by atoms with Gasteiger partial charge in [0.15, 0.2) is 25.0 Å². The van der Waals surface area contributed by atoms with Crippen molar-refractivity contribution >= 4 is 30.9 Å². The molecule has 3 aliphatic heterocycles. The van der Waals surface area contributed by atoms with Crippen LogP contribution in [-0.2, 0) is 41.8 Å². The van der Waals surface area contributed by atoms with E-state index in [0.29, 0.717) is 25.4 Å². The van der Waals surface area contributed by atoms with E-state index in [4.69, 9.17) is 37.0 Å². The highest BCUT2D eigenvalue weighted by Gasteiger charge is 2.50. The van der Waals surface area contributed by atoms with Crippen LogP contribution in [0.25, 0.3) is 0 Å². The molecule has 10 atom stereocenters. The minimum absolute atomic E-state index is 0.0293. The van der Waals surface area contributed by atoms with E-state index in [-0.39, 0.29) is 77.2 Å². The third-order valence-electron chi connectivity index (χ3n) is 15.2. The van der Waals surface area contributed by atoms with Crippen LogP contribution in [0.1, 0.15) is 127 Å². The smallest absolute Gasteiger partial charge is 0.305 e. The highest BCUT2D eigenvalue weighted by atomic mass is 28.4. The van der Waals surface area contributed by atoms with E-state index in [0.717, 1.165) is 50.7 Å². The first-order valence-corrected chi connectivity index (χ1v) is 31.6. The second kappa shape index (κ2) is 22.3. The first-order valence-electron chi connectivity index (χ1n) is 23.2. The van der Waals surface area contributed by atoms with Gasteiger partial charge in [0.25, 0.3) is 0 Å². The van der Waals surface area contributed by atoms with E-state index in [1.54, 1.807) is 7.11 Å². The van der Waals surface area contributed by atoms with Gasteiger partial charge in [0.2, 0.25) is 0 Å². The Morgan fingerprint density at radius 3 is 1.98 bits per heavy atom. The molecule has 0 aliphatic carbocycles. The van der Waals surface area contributed by atoms with Gasteiger partial charge in [0.1, 0.15) is 0 Å². The molecule has 0 aromatic carbocycles. The second-order valence-electron chi connectivity index (χ2n) is 21.3. The summed E-state index contributed by atoms with van der Waals surface area (Å²) in [6.45, 7) is 42.2. The van der Waals surface area contributed by atoms with E-state index in [9.17, 15) is 4.79 Å². The van der Waals surface area contributed by atoms with Crippen LogP contribution in [0.5, 0.6) is 0 Å². The average molecular weight is 883 g/mol. The maximum atomic E-state index is 12.9. The highest BCUT2D eigenvalue weighted by Crippen LogP contribution is 2.44. The molecule has 12 heteroatoms. The lowest BCUT2D eigenvalue weighted by molar-refractivity contribution is -0.143. The van der Waals surface area contributed by atoms with Gasteiger partial charge in [-0.3, -0.25) is 4.79 Å². The van der Waals surface area contributed by atoms with Crippen molar-refractivity contribution in [3.63, 3.8) is 0 Å². The SMILES string of the molecule is C=C1CC(CCCO[Si](CC)(CC)CC)OC1CC[C@H]1CC(C)C(=C)[C@@H](C[C@@H]2O[C@H](C[C@@H](CO[Si](C)(C)C(C)(C)C)O[Si](C)(C)C(C)(C)C)[C@H](OC)C2CC(=O)OC)O1. The van der Waals surface area contributed by atoms with Crippen molar-refractivity contribution in [2.75, 3.05) is 27.4 Å². The van der Waals surface area contributed by atoms with Crippen LogP contribution in [0.3, 0.4) is 0 Å². The largest absolute Gasteiger partial charge is 0.469 e. The fraction of sp³-hybridized carbons (Fsp3) is 0.894. The number of carbonyl (C=O) groups excluding carboxylic acids is 1. The van der Waals surface area contributed by atoms with Gasteiger partial charge >= 0.3 is 5.97 Å². The molecule has 0 bridgehead atoms. The molecule has 0 aromatic rings. The van der Waals surface area contributed by atoms with Gasteiger partial charge in [-0.2, -0.15) is 0 Å². The topological polar surface area (TPSA) is 90.9 Å². The molecule has 3 aliphatic rings. The zero-order valence-electron chi connectivity index (χ0n) is 40.8. The van der Waals surface area contributed by atoms with Crippen LogP contribution in [-0.4, -0.2) is 107 Å². The Balaban J connectivity index is 1.71. The van der Waals surface area contributed by atoms with E-state index in [2.05, 4.69) is 109 Å². The van der Waals surface area contributed by atoms with E-state index < -0.39 is 25.0 Å². The van der Waals surface area contributed by atoms with Crippen molar-refractivity contribution in [3.05, 3.63) is 24.3 Å². The quantitative estimate of drug-likeness (QED) is 0.0431. The van der Waals surface area contributed by atoms with Crippen molar-refractivity contribution in [1.29, 1.82) is 0 Å². The zero-order valence-corrected chi connectivity index (χ0v) is 43.8. The van der Waals surface area contributed by atoms with Gasteiger partial charge in [-0.25, -0.2) is 0 Å². The number of hydrogen-bond acceptors (Lipinski definition) is 9. The summed E-state index contributed by atoms with van der Waals surface area (Å²) in [6, 6.07) is 3.56. The third kappa shape index (κ3) is 14.4. The molecule has 0 spiro atoms. The number of ether oxygens (including phenoxy) is 5. The standard InChI is InChI=1S/C47H90O9Si3/c1-19-59(20-2,21-3)51-26-22-23-36-28-34(5)40(53-36)25-24-37-27-33(4)35(6)41(54-37)31-42-39(30-44(48)49-13)45(50-14)43(55-42)29-38(56-58(17,18)47(10,11)12)32-52-57(15,16)46(7,8)9/h33,36-43,45H,5-6,19-32H2,1-4,7-18H3/t33?,36?,37-,38-,39?,40?,41+,42-,43+,45+/m0/s1. The highest BCUT2D eigenvalue weighted by molar-refractivity contribution is 6.75. The van der Waals surface area contributed by atoms with Gasteiger partial charge < -0.3 is 37.0 Å². The minimum atomic E-state index is -2.17. The summed E-state index contributed by atoms with van der Waals surface area (Å²) in [5, 5.41) is 0.102. The number of methoxy groups -OCH3 is 2. The zero-order chi connectivity index (χ0) is 44.6. The number of carbonyl (C=O) groups is 1. The van der Waals surface area contributed by atoms with Crippen molar-refractivity contribution in [1.82, 2.24) is 0 Å². The molecule has 4 unspecified atom stereocenters. The number of esters is 1. The molecule has 0 aromatic heterocycles. The van der Waals surface area contributed by atoms with Gasteiger partial charge in [-0.15, -0.1) is 0 Å². The average Bonchev–Trinajstić information content (AvgIpc) is 3.67. The molecule has 3 rings (SSSR count). The molecule has 3 saturated heterocycles. The fourth-order valence-corrected chi connectivity index (χ4v) is 13.8. The summed E-state index contributed by atoms with van der Waals surface area (Å²) in [5.41, 5.74) is 2.29. The Kier molecular flexibility index (Phi) is 19.9. The lowest BCUT2D eigenvalue weighted by Crippen LogP contribution is -2.49. The number of hydrogen-bond donors (Lipinski definition) is 0. The predicted molar refractivity (Wildman–Crippen MR) is 250 cm³/mol. The third-order valence-corrected chi connectivity index (χ3v) is 29.0. The minimum Gasteiger partial charge on any atom is -0.469 e. The Hall–Kier alpha value is -0.679. The molecule has 0 amide bonds. The fourth-order valence-electron chi connectivity index (χ4n) is 8.76. The Labute approximate surface area is 365 Å². The van der Waals surface area contributed by atoms with Crippen LogP contribution in [0.2, 0.25) is 54.4 Å². The van der Waals surface area contributed by atoms with Gasteiger partial charge in [0, 0.05) is 32.5 Å². The van der Waals surface area contributed by atoms with Crippen LogP contribution < -0.4 is 0 Å². The summed E-state index contributed by atoms with van der Waals surface area (Å²) >= 11 is 0. The van der Waals surface area contributed by atoms with Gasteiger partial charge in [-0.1, -0.05) is 82.4 Å². The Bertz CT molecular complexity index is 1330. The van der Waals surface area contributed by atoms with Gasteiger partial charge in [-0.05, 0) is 110 Å². The summed E-state index contributed by atoms with van der Waals surface area (Å²) in [7, 11) is -2.61. The van der Waals surface area contributed by atoms with E-state index in [1.165, 1.54) is 30.8 Å². The molecule has 3 heterocycles. The van der Waals surface area contributed by atoms with Crippen LogP contribution in [0.15, 0.2) is 24.3 Å². The maximum absolute atomic E-state index is 12.9. The molecular formula is C47H90O9Si3. The molecule has 9 nitrogen and oxygen atoms in total. The van der Waals surface area contributed by atoms with Crippen molar-refractivity contribution < 1.29 is 41.8 Å². The first-order chi connectivity index (χ1) is 27.4. The van der Waals surface area contributed by atoms with Crippen molar-refractivity contribution in [3.8, 4) is 0 Å². The van der Waals surface area contributed by atoms with Crippen LogP contribution in [0, 0.1) is 11.8 Å². The van der Waals surface area contributed by atoms with Crippen molar-refractivity contribution in [2.24, 2.45) is 11.8 Å². The molecule has 0 saturated carbocycles. The monoisotopic (exact) mass is 883 g/mol. The summed E-state index contributed by atoms with van der Waals surface area (Å²) < 4.78 is 52.4. The van der Waals surface area contributed by atoms with E-state index >= 15 is 0 Å². The number of rotatable bonds is 23. The van der Waals surface area contributed by atoms with Crippen molar-refractivity contribution in [2.45, 2.75) is 230 Å².